The van der Waals surface area contributed by atoms with E-state index in [1.807, 2.05) is 0 Å². The van der Waals surface area contributed by atoms with Gasteiger partial charge < -0.3 is 4.74 Å². The minimum absolute atomic E-state index is 0.199. The van der Waals surface area contributed by atoms with Gasteiger partial charge in [0.25, 0.3) is 0 Å². The van der Waals surface area contributed by atoms with Crippen LogP contribution in [0.5, 0.6) is 0 Å². The lowest BCUT2D eigenvalue weighted by atomic mass is 9.63. The summed E-state index contributed by atoms with van der Waals surface area (Å²) in [7, 11) is 0. The molecule has 122 valence electrons. The molecule has 0 aromatic heterocycles. The Morgan fingerprint density at radius 3 is 2.19 bits per heavy atom. The molecule has 2 aliphatic carbocycles. The Labute approximate surface area is 137 Å². The summed E-state index contributed by atoms with van der Waals surface area (Å²) in [6.07, 6.45) is 8.31. The molecule has 6 unspecified atom stereocenters. The first-order valence-electron chi connectivity index (χ1n) is 8.37. The maximum absolute atomic E-state index is 6.21. The second-order valence-electron chi connectivity index (χ2n) is 6.55. The number of fused-ring (bicyclic) bond motifs is 1. The Kier molecular flexibility index (Phi) is 5.68. The highest BCUT2D eigenvalue weighted by Crippen LogP contribution is 2.46. The number of rotatable bonds is 3. The van der Waals surface area contributed by atoms with E-state index in [9.17, 15) is 0 Å². The number of ether oxygens (including phenoxy) is 1. The average molecular weight is 336 g/mol. The largest absolute Gasteiger partial charge is 0.378 e. The fraction of sp³-hybridized carbons (Fsp3) is 1.00. The molecule has 3 aliphatic rings. The molecular weight excluding hydrogens is 309 g/mol. The van der Waals surface area contributed by atoms with Crippen molar-refractivity contribution in [2.75, 3.05) is 6.61 Å². The maximum Gasteiger partial charge on any atom is 0.138 e. The lowest BCUT2D eigenvalue weighted by molar-refractivity contribution is -0.0736. The summed E-state index contributed by atoms with van der Waals surface area (Å²) in [5.41, 5.74) is -0.518. The lowest BCUT2D eigenvalue weighted by Gasteiger charge is -2.50. The van der Waals surface area contributed by atoms with E-state index in [0.717, 1.165) is 18.9 Å². The van der Waals surface area contributed by atoms with Crippen LogP contribution in [0.15, 0.2) is 0 Å². The molecule has 1 heterocycles. The molecule has 2 saturated carbocycles. The van der Waals surface area contributed by atoms with Crippen LogP contribution in [0.4, 0.5) is 0 Å². The molecule has 1 aliphatic heterocycles. The van der Waals surface area contributed by atoms with Crippen molar-refractivity contribution >= 4 is 23.2 Å². The Morgan fingerprint density at radius 1 is 0.857 bits per heavy atom. The summed E-state index contributed by atoms with van der Waals surface area (Å²) in [5.74, 6) is 2.02. The fourth-order valence-electron chi connectivity index (χ4n) is 4.64. The molecule has 4 nitrogen and oxygen atoms in total. The summed E-state index contributed by atoms with van der Waals surface area (Å²) in [4.78, 5) is 0. The van der Waals surface area contributed by atoms with Gasteiger partial charge in [0.1, 0.15) is 11.2 Å². The highest BCUT2D eigenvalue weighted by atomic mass is 35.5. The third-order valence-electron chi connectivity index (χ3n) is 5.44. The topological polar surface area (TPSA) is 45.3 Å². The van der Waals surface area contributed by atoms with Gasteiger partial charge in [-0.2, -0.15) is 0 Å². The highest BCUT2D eigenvalue weighted by Gasteiger charge is 2.45. The van der Waals surface area contributed by atoms with Crippen LogP contribution in [0.1, 0.15) is 45.4 Å². The van der Waals surface area contributed by atoms with Gasteiger partial charge >= 0.3 is 0 Å². The van der Waals surface area contributed by atoms with Crippen molar-refractivity contribution in [2.24, 2.45) is 17.8 Å². The van der Waals surface area contributed by atoms with Gasteiger partial charge in [-0.3, -0.25) is 16.0 Å². The second kappa shape index (κ2) is 7.33. The molecule has 0 bridgehead atoms. The van der Waals surface area contributed by atoms with E-state index in [1.165, 1.54) is 32.1 Å². The van der Waals surface area contributed by atoms with Crippen molar-refractivity contribution in [3.8, 4) is 0 Å². The second-order valence-corrected chi connectivity index (χ2v) is 7.42. The Bertz CT molecular complexity index is 337. The zero-order valence-electron chi connectivity index (χ0n) is 12.7. The van der Waals surface area contributed by atoms with Crippen LogP contribution in [0, 0.1) is 17.8 Å². The van der Waals surface area contributed by atoms with Crippen LogP contribution in [0.3, 0.4) is 0 Å². The van der Waals surface area contributed by atoms with Gasteiger partial charge in [0.2, 0.25) is 0 Å². The van der Waals surface area contributed by atoms with E-state index >= 15 is 0 Å². The van der Waals surface area contributed by atoms with E-state index in [-0.39, 0.29) is 17.4 Å². The molecule has 1 saturated heterocycles. The number of halogens is 2. The van der Waals surface area contributed by atoms with Crippen LogP contribution in [-0.4, -0.2) is 30.1 Å². The Hall–Kier alpha value is 0.420. The zero-order chi connectivity index (χ0) is 14.8. The van der Waals surface area contributed by atoms with Crippen molar-refractivity contribution in [3.05, 3.63) is 0 Å². The average Bonchev–Trinajstić information content (AvgIpc) is 2.47. The maximum atomic E-state index is 6.21. The van der Waals surface area contributed by atoms with Crippen molar-refractivity contribution in [1.82, 2.24) is 16.0 Å². The molecular formula is C15H27Cl2N3O. The molecule has 0 aromatic carbocycles. The predicted octanol–water partition coefficient (Wildman–Crippen LogP) is 2.76. The Morgan fingerprint density at radius 2 is 1.52 bits per heavy atom. The van der Waals surface area contributed by atoms with Crippen molar-refractivity contribution in [3.63, 3.8) is 0 Å². The number of alkyl halides is 2. The normalized spacial score (nSPS) is 47.9. The molecule has 3 fully saturated rings. The van der Waals surface area contributed by atoms with E-state index in [1.54, 1.807) is 0 Å². The number of hydrogen-bond acceptors (Lipinski definition) is 4. The summed E-state index contributed by atoms with van der Waals surface area (Å²) in [6.45, 7) is 2.94. The van der Waals surface area contributed by atoms with Gasteiger partial charge in [-0.05, 0) is 50.4 Å². The van der Waals surface area contributed by atoms with E-state index in [2.05, 4.69) is 22.9 Å². The van der Waals surface area contributed by atoms with E-state index in [0.29, 0.717) is 17.9 Å². The number of nitrogens with one attached hydrogen (secondary N) is 3. The lowest BCUT2D eigenvalue weighted by Crippen LogP contribution is -2.67. The number of hydrogen-bond donors (Lipinski definition) is 3. The smallest absolute Gasteiger partial charge is 0.138 e. The van der Waals surface area contributed by atoms with Crippen molar-refractivity contribution in [2.45, 2.75) is 69.0 Å². The van der Waals surface area contributed by atoms with E-state index in [4.69, 9.17) is 27.9 Å². The van der Waals surface area contributed by atoms with Crippen LogP contribution in [0.2, 0.25) is 0 Å². The van der Waals surface area contributed by atoms with Gasteiger partial charge in [0.05, 0.1) is 12.3 Å². The SMILES string of the molecule is CCOC1CCC(C2NC(Cl)NC(Cl)N2)C2CCCCC12. The van der Waals surface area contributed by atoms with Crippen molar-refractivity contribution in [1.29, 1.82) is 0 Å². The highest BCUT2D eigenvalue weighted by molar-refractivity contribution is 6.23. The first-order valence-corrected chi connectivity index (χ1v) is 9.24. The van der Waals surface area contributed by atoms with Crippen LogP contribution in [0.25, 0.3) is 0 Å². The Balaban J connectivity index is 1.70. The van der Waals surface area contributed by atoms with Crippen LogP contribution in [-0.2, 0) is 4.74 Å². The minimum atomic E-state index is -0.259. The summed E-state index contributed by atoms with van der Waals surface area (Å²) in [6, 6.07) is 0. The fourth-order valence-corrected chi connectivity index (χ4v) is 5.22. The molecule has 3 rings (SSSR count). The van der Waals surface area contributed by atoms with Crippen LogP contribution < -0.4 is 16.0 Å². The molecule has 6 heteroatoms. The molecule has 0 spiro atoms. The molecule has 21 heavy (non-hydrogen) atoms. The summed E-state index contributed by atoms with van der Waals surface area (Å²) in [5, 5.41) is 9.86. The third-order valence-corrected chi connectivity index (χ3v) is 5.94. The zero-order valence-corrected chi connectivity index (χ0v) is 14.2. The third kappa shape index (κ3) is 3.67. The summed E-state index contributed by atoms with van der Waals surface area (Å²) < 4.78 is 6.02. The van der Waals surface area contributed by atoms with Crippen LogP contribution >= 0.6 is 23.2 Å². The first-order chi connectivity index (χ1) is 10.2. The molecule has 3 N–H and O–H groups in total. The quantitative estimate of drug-likeness (QED) is 0.548. The standard InChI is InChI=1S/C15H27Cl2N3O/c1-2-21-12-8-7-11(9-5-3-4-6-10(9)12)13-18-14(16)20-15(17)19-13/h9-15,18-20H,2-8H2,1H3. The summed E-state index contributed by atoms with van der Waals surface area (Å²) >= 11 is 12.4. The van der Waals surface area contributed by atoms with E-state index < -0.39 is 0 Å². The minimum Gasteiger partial charge on any atom is -0.378 e. The van der Waals surface area contributed by atoms with Gasteiger partial charge in [-0.15, -0.1) is 0 Å². The van der Waals surface area contributed by atoms with Gasteiger partial charge in [-0.25, -0.2) is 0 Å². The molecule has 0 aromatic rings. The van der Waals surface area contributed by atoms with Gasteiger partial charge in [0, 0.05) is 6.61 Å². The molecule has 6 atom stereocenters. The van der Waals surface area contributed by atoms with Crippen molar-refractivity contribution < 1.29 is 4.74 Å². The molecule has 0 radical (unpaired) electrons. The molecule has 0 amide bonds. The predicted molar refractivity (Wildman–Crippen MR) is 86.1 cm³/mol. The monoisotopic (exact) mass is 335 g/mol. The first kappa shape index (κ1) is 16.3. The van der Waals surface area contributed by atoms with Gasteiger partial charge in [0.15, 0.2) is 0 Å². The van der Waals surface area contributed by atoms with Gasteiger partial charge in [-0.1, -0.05) is 36.0 Å².